The monoisotopic (exact) mass is 129 g/mol. The average Bonchev–Trinajstić information content (AvgIpc) is 1.88. The van der Waals surface area contributed by atoms with Gasteiger partial charge >= 0.3 is 0 Å². The van der Waals surface area contributed by atoms with Crippen LogP contribution in [-0.2, 0) is 4.79 Å². The Labute approximate surface area is 54.1 Å². The van der Waals surface area contributed by atoms with E-state index < -0.39 is 0 Å². The Morgan fingerprint density at radius 1 is 1.78 bits per heavy atom. The van der Waals surface area contributed by atoms with Crippen LogP contribution in [0.15, 0.2) is 0 Å². The van der Waals surface area contributed by atoms with Gasteiger partial charge in [0.1, 0.15) is 0 Å². The Hall–Kier alpha value is -0.570. The van der Waals surface area contributed by atoms with Crippen LogP contribution in [0.2, 0.25) is 0 Å². The van der Waals surface area contributed by atoms with Crippen LogP contribution in [0.1, 0.15) is 19.3 Å². The van der Waals surface area contributed by atoms with E-state index in [0.717, 1.165) is 12.8 Å². The first-order chi connectivity index (χ1) is 4.33. The highest BCUT2D eigenvalue weighted by atomic mass is 16.3. The third kappa shape index (κ3) is 1.68. The number of hydrogen-bond donors (Lipinski definition) is 2. The van der Waals surface area contributed by atoms with E-state index in [9.17, 15) is 4.79 Å². The van der Waals surface area contributed by atoms with Gasteiger partial charge in [0.2, 0.25) is 5.91 Å². The van der Waals surface area contributed by atoms with Crippen molar-refractivity contribution in [3.63, 3.8) is 0 Å². The van der Waals surface area contributed by atoms with Crippen LogP contribution in [-0.4, -0.2) is 23.7 Å². The van der Waals surface area contributed by atoms with E-state index in [1.54, 1.807) is 0 Å². The van der Waals surface area contributed by atoms with Gasteiger partial charge in [0.15, 0.2) is 0 Å². The number of aliphatic hydroxyl groups is 1. The molecule has 1 amide bonds. The van der Waals surface area contributed by atoms with Crippen LogP contribution in [0.3, 0.4) is 0 Å². The summed E-state index contributed by atoms with van der Waals surface area (Å²) in [7, 11) is 0. The molecule has 1 rings (SSSR count). The fourth-order valence-electron chi connectivity index (χ4n) is 1.02. The third-order valence-corrected chi connectivity index (χ3v) is 1.54. The second kappa shape index (κ2) is 2.82. The van der Waals surface area contributed by atoms with Gasteiger partial charge in [-0.05, 0) is 12.8 Å². The predicted octanol–water partition coefficient (Wildman–Crippen LogP) is -0.353. The van der Waals surface area contributed by atoms with Crippen LogP contribution in [0, 0.1) is 0 Å². The van der Waals surface area contributed by atoms with Crippen LogP contribution < -0.4 is 5.32 Å². The molecule has 1 unspecified atom stereocenters. The summed E-state index contributed by atoms with van der Waals surface area (Å²) in [5, 5.41) is 11.3. The minimum absolute atomic E-state index is 0.0197. The van der Waals surface area contributed by atoms with E-state index in [1.165, 1.54) is 0 Å². The van der Waals surface area contributed by atoms with E-state index in [4.69, 9.17) is 5.11 Å². The lowest BCUT2D eigenvalue weighted by atomic mass is 10.1. The van der Waals surface area contributed by atoms with Gasteiger partial charge in [-0.3, -0.25) is 4.79 Å². The highest BCUT2D eigenvalue weighted by molar-refractivity contribution is 5.76. The van der Waals surface area contributed by atoms with E-state index in [0.29, 0.717) is 6.42 Å². The Morgan fingerprint density at radius 2 is 2.56 bits per heavy atom. The lowest BCUT2D eigenvalue weighted by Gasteiger charge is -2.20. The number of rotatable bonds is 1. The summed E-state index contributed by atoms with van der Waals surface area (Å²) in [4.78, 5) is 10.6. The SMILES string of the molecule is O=C1CCCC(CO)N1. The van der Waals surface area contributed by atoms with E-state index in [1.807, 2.05) is 0 Å². The minimum Gasteiger partial charge on any atom is -0.394 e. The first-order valence-electron chi connectivity index (χ1n) is 3.23. The molecular weight excluding hydrogens is 118 g/mol. The van der Waals surface area contributed by atoms with Crippen molar-refractivity contribution in [1.82, 2.24) is 5.32 Å². The van der Waals surface area contributed by atoms with Gasteiger partial charge in [0.25, 0.3) is 0 Å². The summed E-state index contributed by atoms with van der Waals surface area (Å²) in [6.45, 7) is 0.0751. The number of hydrogen-bond acceptors (Lipinski definition) is 2. The van der Waals surface area contributed by atoms with Crippen LogP contribution in [0.25, 0.3) is 0 Å². The molecule has 0 aromatic rings. The summed E-state index contributed by atoms with van der Waals surface area (Å²) < 4.78 is 0. The Balaban J connectivity index is 2.32. The van der Waals surface area contributed by atoms with Gasteiger partial charge in [0.05, 0.1) is 12.6 Å². The summed E-state index contributed by atoms with van der Waals surface area (Å²) >= 11 is 0. The van der Waals surface area contributed by atoms with Crippen molar-refractivity contribution in [2.24, 2.45) is 0 Å². The summed E-state index contributed by atoms with van der Waals surface area (Å²) in [6.07, 6.45) is 2.45. The second-order valence-electron chi connectivity index (χ2n) is 2.34. The zero-order chi connectivity index (χ0) is 6.69. The molecule has 52 valence electrons. The molecule has 0 saturated carbocycles. The van der Waals surface area contributed by atoms with E-state index in [-0.39, 0.29) is 18.6 Å². The van der Waals surface area contributed by atoms with Crippen molar-refractivity contribution < 1.29 is 9.90 Å². The zero-order valence-electron chi connectivity index (χ0n) is 5.26. The lowest BCUT2D eigenvalue weighted by molar-refractivity contribution is -0.123. The Bertz CT molecular complexity index is 114. The average molecular weight is 129 g/mol. The molecule has 3 nitrogen and oxygen atoms in total. The van der Waals surface area contributed by atoms with E-state index in [2.05, 4.69) is 5.32 Å². The van der Waals surface area contributed by atoms with Gasteiger partial charge in [0, 0.05) is 6.42 Å². The van der Waals surface area contributed by atoms with Crippen molar-refractivity contribution >= 4 is 5.91 Å². The van der Waals surface area contributed by atoms with Gasteiger partial charge in [-0.15, -0.1) is 0 Å². The van der Waals surface area contributed by atoms with Crippen molar-refractivity contribution in [2.75, 3.05) is 6.61 Å². The molecule has 0 radical (unpaired) electrons. The van der Waals surface area contributed by atoms with Gasteiger partial charge in [-0.2, -0.15) is 0 Å². The number of nitrogens with one attached hydrogen (secondary N) is 1. The molecule has 0 aromatic heterocycles. The summed E-state index contributed by atoms with van der Waals surface area (Å²) in [6, 6.07) is 0.0197. The molecule has 1 fully saturated rings. The maximum Gasteiger partial charge on any atom is 0.220 e. The molecule has 0 spiro atoms. The first-order valence-corrected chi connectivity index (χ1v) is 3.23. The number of carbonyl (C=O) groups excluding carboxylic acids is 1. The molecule has 2 N–H and O–H groups in total. The molecule has 0 aliphatic carbocycles. The van der Waals surface area contributed by atoms with Crippen molar-refractivity contribution in [2.45, 2.75) is 25.3 Å². The highest BCUT2D eigenvalue weighted by Gasteiger charge is 2.15. The van der Waals surface area contributed by atoms with Crippen LogP contribution >= 0.6 is 0 Å². The standard InChI is InChI=1S/C6H11NO2/c8-4-5-2-1-3-6(9)7-5/h5,8H,1-4H2,(H,7,9). The first kappa shape index (κ1) is 6.55. The number of amides is 1. The van der Waals surface area contributed by atoms with Gasteiger partial charge in [-0.25, -0.2) is 0 Å². The molecule has 1 heterocycles. The molecule has 9 heavy (non-hydrogen) atoms. The third-order valence-electron chi connectivity index (χ3n) is 1.54. The molecule has 3 heteroatoms. The molecule has 0 aromatic carbocycles. The van der Waals surface area contributed by atoms with Crippen LogP contribution in [0.4, 0.5) is 0 Å². The Kier molecular flexibility index (Phi) is 2.05. The number of aliphatic hydroxyl groups excluding tert-OH is 1. The normalized spacial score (nSPS) is 27.7. The largest absolute Gasteiger partial charge is 0.394 e. The molecule has 1 atom stereocenters. The molecule has 1 aliphatic rings. The Morgan fingerprint density at radius 3 is 3.00 bits per heavy atom. The highest BCUT2D eigenvalue weighted by Crippen LogP contribution is 2.06. The smallest absolute Gasteiger partial charge is 0.220 e. The summed E-state index contributed by atoms with van der Waals surface area (Å²) in [5.74, 6) is 0.0697. The second-order valence-corrected chi connectivity index (χ2v) is 2.34. The fourth-order valence-corrected chi connectivity index (χ4v) is 1.02. The summed E-state index contributed by atoms with van der Waals surface area (Å²) in [5.41, 5.74) is 0. The molecule has 1 saturated heterocycles. The predicted molar refractivity (Wildman–Crippen MR) is 32.9 cm³/mol. The van der Waals surface area contributed by atoms with Gasteiger partial charge < -0.3 is 10.4 Å². The molecule has 1 aliphatic heterocycles. The fraction of sp³-hybridized carbons (Fsp3) is 0.833. The minimum atomic E-state index is 0.0197. The maximum atomic E-state index is 10.6. The van der Waals surface area contributed by atoms with Crippen molar-refractivity contribution in [3.05, 3.63) is 0 Å². The molecular formula is C6H11NO2. The topological polar surface area (TPSA) is 49.3 Å². The van der Waals surface area contributed by atoms with E-state index >= 15 is 0 Å². The maximum absolute atomic E-state index is 10.6. The van der Waals surface area contributed by atoms with Crippen molar-refractivity contribution in [3.8, 4) is 0 Å². The lowest BCUT2D eigenvalue weighted by Crippen LogP contribution is -2.40. The molecule has 0 bridgehead atoms. The van der Waals surface area contributed by atoms with Crippen LogP contribution in [0.5, 0.6) is 0 Å². The number of piperidine rings is 1. The zero-order valence-corrected chi connectivity index (χ0v) is 5.26. The van der Waals surface area contributed by atoms with Crippen molar-refractivity contribution in [1.29, 1.82) is 0 Å². The number of carbonyl (C=O) groups is 1. The van der Waals surface area contributed by atoms with Gasteiger partial charge in [-0.1, -0.05) is 0 Å². The quantitative estimate of drug-likeness (QED) is 0.508.